The maximum absolute atomic E-state index is 13.1. The molecule has 3 aromatic rings. The standard InChI is InChI=1S/C25H27N5O4S/c1-17-14-20-16-22(6-8-24(20)30(17)18(2)31)35(32,33)28-21-5-3-4-19(15-21)23-7-9-25(27-26-23)29-10-12-34-13-11-29/h3-9,15-17,28H,10-14H2,1-2H3. The van der Waals surface area contributed by atoms with Crippen molar-refractivity contribution in [3.05, 3.63) is 60.2 Å². The van der Waals surface area contributed by atoms with Gasteiger partial charge in [0.15, 0.2) is 5.82 Å². The summed E-state index contributed by atoms with van der Waals surface area (Å²) in [4.78, 5) is 16.0. The molecular weight excluding hydrogens is 466 g/mol. The van der Waals surface area contributed by atoms with E-state index < -0.39 is 10.0 Å². The predicted octanol–water partition coefficient (Wildman–Crippen LogP) is 3.08. The van der Waals surface area contributed by atoms with Crippen molar-refractivity contribution in [3.8, 4) is 11.3 Å². The largest absolute Gasteiger partial charge is 0.378 e. The molecule has 1 fully saturated rings. The lowest BCUT2D eigenvalue weighted by atomic mass is 10.1. The lowest BCUT2D eigenvalue weighted by Crippen LogP contribution is -2.36. The maximum atomic E-state index is 13.1. The van der Waals surface area contributed by atoms with Crippen LogP contribution < -0.4 is 14.5 Å². The number of anilines is 3. The van der Waals surface area contributed by atoms with Crippen molar-refractivity contribution >= 4 is 33.1 Å². The average molecular weight is 494 g/mol. The second-order valence-electron chi connectivity index (χ2n) is 8.80. The van der Waals surface area contributed by atoms with Crippen LogP contribution >= 0.6 is 0 Å². The number of ether oxygens (including phenoxy) is 1. The van der Waals surface area contributed by atoms with Gasteiger partial charge in [0, 0.05) is 43.0 Å². The number of nitrogens with one attached hydrogen (secondary N) is 1. The zero-order valence-electron chi connectivity index (χ0n) is 19.6. The molecule has 1 amide bonds. The normalized spacial score (nSPS) is 17.8. The monoisotopic (exact) mass is 493 g/mol. The Morgan fingerprint density at radius 1 is 1.06 bits per heavy atom. The van der Waals surface area contributed by atoms with Gasteiger partial charge in [-0.3, -0.25) is 9.52 Å². The van der Waals surface area contributed by atoms with E-state index in [1.807, 2.05) is 25.1 Å². The van der Waals surface area contributed by atoms with E-state index in [1.165, 1.54) is 13.0 Å². The van der Waals surface area contributed by atoms with Crippen molar-refractivity contribution in [1.29, 1.82) is 0 Å². The van der Waals surface area contributed by atoms with Gasteiger partial charge in [0.1, 0.15) is 0 Å². The predicted molar refractivity (Wildman–Crippen MR) is 134 cm³/mol. The Bertz CT molecular complexity index is 1350. The van der Waals surface area contributed by atoms with Gasteiger partial charge in [0.05, 0.1) is 23.8 Å². The summed E-state index contributed by atoms with van der Waals surface area (Å²) in [6.07, 6.45) is 0.618. The number of sulfonamides is 1. The number of carbonyl (C=O) groups excluding carboxylic acids is 1. The van der Waals surface area contributed by atoms with Crippen LogP contribution in [0, 0.1) is 0 Å². The molecule has 0 bridgehead atoms. The SMILES string of the molecule is CC(=O)N1c2ccc(S(=O)(=O)Nc3cccc(-c4ccc(N5CCOCC5)nn4)c3)cc2CC1C. The first-order valence-corrected chi connectivity index (χ1v) is 13.0. The minimum absolute atomic E-state index is 0.000777. The third-order valence-corrected chi connectivity index (χ3v) is 7.69. The van der Waals surface area contributed by atoms with Gasteiger partial charge in [-0.05, 0) is 61.4 Å². The molecule has 1 N–H and O–H groups in total. The highest BCUT2D eigenvalue weighted by atomic mass is 32.2. The first-order valence-electron chi connectivity index (χ1n) is 11.5. The number of fused-ring (bicyclic) bond motifs is 1. The molecular formula is C25H27N5O4S. The third kappa shape index (κ3) is 4.71. The highest BCUT2D eigenvalue weighted by molar-refractivity contribution is 7.92. The second-order valence-corrected chi connectivity index (χ2v) is 10.5. The van der Waals surface area contributed by atoms with Gasteiger partial charge in [-0.25, -0.2) is 8.42 Å². The molecule has 0 spiro atoms. The first-order chi connectivity index (χ1) is 16.8. The van der Waals surface area contributed by atoms with Crippen LogP contribution in [0.2, 0.25) is 0 Å². The Morgan fingerprint density at radius 2 is 1.86 bits per heavy atom. The molecule has 35 heavy (non-hydrogen) atoms. The zero-order valence-corrected chi connectivity index (χ0v) is 20.5. The molecule has 1 aromatic heterocycles. The van der Waals surface area contributed by atoms with Crippen LogP contribution in [0.4, 0.5) is 17.2 Å². The van der Waals surface area contributed by atoms with Crippen molar-refractivity contribution in [2.75, 3.05) is 40.8 Å². The van der Waals surface area contributed by atoms with E-state index in [0.29, 0.717) is 31.0 Å². The number of rotatable bonds is 5. The number of amides is 1. The van der Waals surface area contributed by atoms with E-state index in [9.17, 15) is 13.2 Å². The molecule has 1 unspecified atom stereocenters. The van der Waals surface area contributed by atoms with Crippen molar-refractivity contribution in [2.24, 2.45) is 0 Å². The summed E-state index contributed by atoms with van der Waals surface area (Å²) in [6, 6.07) is 15.8. The number of aromatic nitrogens is 2. The fourth-order valence-corrected chi connectivity index (χ4v) is 5.75. The Labute approximate surface area is 204 Å². The van der Waals surface area contributed by atoms with Crippen molar-refractivity contribution in [1.82, 2.24) is 10.2 Å². The van der Waals surface area contributed by atoms with Crippen molar-refractivity contribution in [2.45, 2.75) is 31.2 Å². The Kier molecular flexibility index (Phi) is 6.16. The van der Waals surface area contributed by atoms with Gasteiger partial charge in [-0.1, -0.05) is 12.1 Å². The van der Waals surface area contributed by atoms with Crippen molar-refractivity contribution in [3.63, 3.8) is 0 Å². The minimum atomic E-state index is -3.82. The van der Waals surface area contributed by atoms with Crippen LogP contribution in [0.15, 0.2) is 59.5 Å². The van der Waals surface area contributed by atoms with Crippen LogP contribution in [0.3, 0.4) is 0 Å². The fraction of sp³-hybridized carbons (Fsp3) is 0.320. The number of hydrogen-bond donors (Lipinski definition) is 1. The molecule has 182 valence electrons. The van der Waals surface area contributed by atoms with Gasteiger partial charge in [-0.15, -0.1) is 10.2 Å². The fourth-order valence-electron chi connectivity index (χ4n) is 4.65. The molecule has 0 saturated carbocycles. The molecule has 5 rings (SSSR count). The topological polar surface area (TPSA) is 105 Å². The summed E-state index contributed by atoms with van der Waals surface area (Å²) in [5.41, 5.74) is 3.45. The number of benzene rings is 2. The molecule has 1 saturated heterocycles. The average Bonchev–Trinajstić information content (AvgIpc) is 3.20. The number of nitrogens with zero attached hydrogens (tertiary/aromatic N) is 4. The molecule has 2 aliphatic rings. The first kappa shape index (κ1) is 23.3. The summed E-state index contributed by atoms with van der Waals surface area (Å²) in [5.74, 6) is 0.742. The number of hydrogen-bond acceptors (Lipinski definition) is 7. The quantitative estimate of drug-likeness (QED) is 0.582. The van der Waals surface area contributed by atoms with Crippen LogP contribution in [0.1, 0.15) is 19.4 Å². The highest BCUT2D eigenvalue weighted by Gasteiger charge is 2.30. The summed E-state index contributed by atoms with van der Waals surface area (Å²) in [5, 5.41) is 8.69. The molecule has 1 atom stereocenters. The Balaban J connectivity index is 1.35. The second kappa shape index (κ2) is 9.27. The zero-order chi connectivity index (χ0) is 24.6. The van der Waals surface area contributed by atoms with Gasteiger partial charge in [0.2, 0.25) is 5.91 Å². The van der Waals surface area contributed by atoms with E-state index in [4.69, 9.17) is 4.74 Å². The van der Waals surface area contributed by atoms with E-state index in [-0.39, 0.29) is 16.8 Å². The molecule has 2 aliphatic heterocycles. The maximum Gasteiger partial charge on any atom is 0.261 e. The van der Waals surface area contributed by atoms with Crippen molar-refractivity contribution < 1.29 is 17.9 Å². The van der Waals surface area contributed by atoms with E-state index >= 15 is 0 Å². The van der Waals surface area contributed by atoms with E-state index in [0.717, 1.165) is 35.7 Å². The lowest BCUT2D eigenvalue weighted by molar-refractivity contribution is -0.116. The van der Waals surface area contributed by atoms with Gasteiger partial charge in [0.25, 0.3) is 10.0 Å². The van der Waals surface area contributed by atoms with Gasteiger partial charge < -0.3 is 14.5 Å². The van der Waals surface area contributed by atoms with Gasteiger partial charge in [-0.2, -0.15) is 0 Å². The highest BCUT2D eigenvalue weighted by Crippen LogP contribution is 2.34. The Morgan fingerprint density at radius 3 is 2.57 bits per heavy atom. The van der Waals surface area contributed by atoms with Crippen LogP contribution in [-0.4, -0.2) is 56.9 Å². The minimum Gasteiger partial charge on any atom is -0.378 e. The van der Waals surface area contributed by atoms with Crippen LogP contribution in [0.25, 0.3) is 11.3 Å². The smallest absolute Gasteiger partial charge is 0.261 e. The summed E-state index contributed by atoms with van der Waals surface area (Å²) >= 11 is 0. The van der Waals surface area contributed by atoms with E-state index in [1.54, 1.807) is 35.2 Å². The molecule has 3 heterocycles. The summed E-state index contributed by atoms with van der Waals surface area (Å²) in [6.45, 7) is 6.37. The molecule has 0 aliphatic carbocycles. The Hall–Kier alpha value is -3.50. The molecule has 2 aromatic carbocycles. The van der Waals surface area contributed by atoms with E-state index in [2.05, 4.69) is 19.8 Å². The summed E-state index contributed by atoms with van der Waals surface area (Å²) in [7, 11) is -3.82. The number of morpholine rings is 1. The molecule has 0 radical (unpaired) electrons. The van der Waals surface area contributed by atoms with Crippen LogP contribution in [0.5, 0.6) is 0 Å². The van der Waals surface area contributed by atoms with Crippen LogP contribution in [-0.2, 0) is 26.0 Å². The van der Waals surface area contributed by atoms with Gasteiger partial charge >= 0.3 is 0 Å². The lowest BCUT2D eigenvalue weighted by Gasteiger charge is -2.27. The molecule has 9 nitrogen and oxygen atoms in total. The molecule has 10 heteroatoms. The number of carbonyl (C=O) groups is 1. The third-order valence-electron chi connectivity index (χ3n) is 6.31. The summed E-state index contributed by atoms with van der Waals surface area (Å²) < 4.78 is 34.3.